The van der Waals surface area contributed by atoms with Gasteiger partial charge in [-0.3, -0.25) is 0 Å². The SMILES string of the molecule is COc1n[nH]c(NS(=O)(=O)NC(C)C)n1. The van der Waals surface area contributed by atoms with Gasteiger partial charge in [-0.25, -0.2) is 9.82 Å². The Bertz CT molecular complexity index is 412. The molecule has 86 valence electrons. The Kier molecular flexibility index (Phi) is 3.48. The average Bonchev–Trinajstić information content (AvgIpc) is 2.48. The molecule has 0 bridgehead atoms. The summed E-state index contributed by atoms with van der Waals surface area (Å²) in [5, 5.41) is 5.95. The van der Waals surface area contributed by atoms with Crippen LogP contribution in [0, 0.1) is 0 Å². The van der Waals surface area contributed by atoms with E-state index in [2.05, 4.69) is 29.4 Å². The molecular weight excluding hydrogens is 222 g/mol. The van der Waals surface area contributed by atoms with Crippen LogP contribution in [0.4, 0.5) is 5.95 Å². The molecule has 0 saturated heterocycles. The first-order chi connectivity index (χ1) is 6.93. The summed E-state index contributed by atoms with van der Waals surface area (Å²) >= 11 is 0. The first-order valence-electron chi connectivity index (χ1n) is 4.19. The number of nitrogens with zero attached hydrogens (tertiary/aromatic N) is 2. The van der Waals surface area contributed by atoms with Crippen molar-refractivity contribution in [2.75, 3.05) is 11.8 Å². The maximum absolute atomic E-state index is 11.4. The number of anilines is 1. The number of aromatic amines is 1. The summed E-state index contributed by atoms with van der Waals surface area (Å²) in [7, 11) is -2.24. The van der Waals surface area contributed by atoms with Crippen LogP contribution in [0.1, 0.15) is 13.8 Å². The zero-order valence-electron chi connectivity index (χ0n) is 8.60. The van der Waals surface area contributed by atoms with E-state index in [0.29, 0.717) is 0 Å². The molecule has 0 saturated carbocycles. The summed E-state index contributed by atoms with van der Waals surface area (Å²) in [6, 6.07) is -0.135. The van der Waals surface area contributed by atoms with E-state index in [9.17, 15) is 8.42 Å². The Balaban J connectivity index is 2.69. The van der Waals surface area contributed by atoms with E-state index in [4.69, 9.17) is 0 Å². The first kappa shape index (κ1) is 11.7. The largest absolute Gasteiger partial charge is 0.466 e. The predicted octanol–water partition coefficient (Wildman–Crippen LogP) is -0.532. The Morgan fingerprint density at radius 2 is 2.13 bits per heavy atom. The molecule has 9 heteroatoms. The van der Waals surface area contributed by atoms with Gasteiger partial charge < -0.3 is 4.74 Å². The number of hydrogen-bond acceptors (Lipinski definition) is 5. The highest BCUT2D eigenvalue weighted by Crippen LogP contribution is 2.05. The highest BCUT2D eigenvalue weighted by atomic mass is 32.2. The van der Waals surface area contributed by atoms with Gasteiger partial charge >= 0.3 is 16.2 Å². The number of ether oxygens (including phenoxy) is 1. The van der Waals surface area contributed by atoms with Crippen molar-refractivity contribution < 1.29 is 13.2 Å². The van der Waals surface area contributed by atoms with Crippen molar-refractivity contribution in [3.8, 4) is 6.01 Å². The van der Waals surface area contributed by atoms with Crippen LogP contribution >= 0.6 is 0 Å². The summed E-state index contributed by atoms with van der Waals surface area (Å²) < 4.78 is 31.9. The van der Waals surface area contributed by atoms with Gasteiger partial charge in [0.05, 0.1) is 7.11 Å². The third kappa shape index (κ3) is 3.72. The first-order valence-corrected chi connectivity index (χ1v) is 5.67. The Hall–Kier alpha value is -1.35. The predicted molar refractivity (Wildman–Crippen MR) is 53.7 cm³/mol. The third-order valence-electron chi connectivity index (χ3n) is 1.27. The second-order valence-electron chi connectivity index (χ2n) is 3.05. The standard InChI is InChI=1S/C6H13N5O3S/c1-4(2)10-15(12,13)11-5-7-6(14-3)9-8-5/h4,10H,1-3H3,(H2,7,8,9,11). The molecule has 0 unspecified atom stereocenters. The van der Waals surface area contributed by atoms with Gasteiger partial charge in [-0.2, -0.15) is 18.1 Å². The molecule has 0 amide bonds. The zero-order chi connectivity index (χ0) is 11.5. The summed E-state index contributed by atoms with van der Waals surface area (Å²) in [6.07, 6.45) is 0. The van der Waals surface area contributed by atoms with Gasteiger partial charge in [-0.15, -0.1) is 5.10 Å². The summed E-state index contributed by atoms with van der Waals surface area (Å²) in [5.74, 6) is 0.000000000000000444. The maximum Gasteiger partial charge on any atom is 0.336 e. The zero-order valence-corrected chi connectivity index (χ0v) is 9.42. The normalized spacial score (nSPS) is 11.7. The van der Waals surface area contributed by atoms with E-state index in [1.165, 1.54) is 7.11 Å². The topological polar surface area (TPSA) is 109 Å². The highest BCUT2D eigenvalue weighted by molar-refractivity contribution is 7.90. The van der Waals surface area contributed by atoms with E-state index >= 15 is 0 Å². The molecule has 0 atom stereocenters. The fourth-order valence-corrected chi connectivity index (χ4v) is 1.88. The summed E-state index contributed by atoms with van der Waals surface area (Å²) in [4.78, 5) is 3.70. The molecule has 0 fully saturated rings. The lowest BCUT2D eigenvalue weighted by molar-refractivity contribution is 0.382. The van der Waals surface area contributed by atoms with Crippen molar-refractivity contribution in [2.45, 2.75) is 19.9 Å². The second kappa shape index (κ2) is 4.45. The van der Waals surface area contributed by atoms with Crippen LogP contribution in [0.2, 0.25) is 0 Å². The molecule has 8 nitrogen and oxygen atoms in total. The fraction of sp³-hybridized carbons (Fsp3) is 0.667. The van der Waals surface area contributed by atoms with Crippen molar-refractivity contribution in [3.63, 3.8) is 0 Å². The smallest absolute Gasteiger partial charge is 0.336 e. The van der Waals surface area contributed by atoms with Gasteiger partial charge in [-0.1, -0.05) is 0 Å². The minimum absolute atomic E-state index is 0.000000000000000444. The Labute approximate surface area is 87.6 Å². The second-order valence-corrected chi connectivity index (χ2v) is 4.50. The monoisotopic (exact) mass is 235 g/mol. The molecule has 3 N–H and O–H groups in total. The van der Waals surface area contributed by atoms with Crippen molar-refractivity contribution in [1.29, 1.82) is 0 Å². The lowest BCUT2D eigenvalue weighted by Crippen LogP contribution is -2.35. The third-order valence-corrected chi connectivity index (χ3v) is 2.51. The van der Waals surface area contributed by atoms with Crippen LogP contribution < -0.4 is 14.2 Å². The number of aromatic nitrogens is 3. The number of rotatable bonds is 5. The fourth-order valence-electron chi connectivity index (χ4n) is 0.850. The summed E-state index contributed by atoms with van der Waals surface area (Å²) in [5.41, 5.74) is 0. The van der Waals surface area contributed by atoms with Gasteiger partial charge in [0, 0.05) is 6.04 Å². The van der Waals surface area contributed by atoms with Gasteiger partial charge in [0.1, 0.15) is 0 Å². The van der Waals surface area contributed by atoms with Crippen molar-refractivity contribution in [1.82, 2.24) is 19.9 Å². The molecule has 0 aliphatic rings. The van der Waals surface area contributed by atoms with Crippen LogP contribution in [0.25, 0.3) is 0 Å². The van der Waals surface area contributed by atoms with E-state index in [-0.39, 0.29) is 18.0 Å². The van der Waals surface area contributed by atoms with Gasteiger partial charge in [0.25, 0.3) is 0 Å². The number of hydrogen-bond donors (Lipinski definition) is 3. The molecule has 15 heavy (non-hydrogen) atoms. The molecule has 0 aliphatic carbocycles. The molecule has 0 aliphatic heterocycles. The highest BCUT2D eigenvalue weighted by Gasteiger charge is 2.13. The lowest BCUT2D eigenvalue weighted by atomic mass is 10.4. The van der Waals surface area contributed by atoms with Crippen LogP contribution in [0.3, 0.4) is 0 Å². The van der Waals surface area contributed by atoms with Crippen molar-refractivity contribution in [3.05, 3.63) is 0 Å². The Morgan fingerprint density at radius 3 is 2.60 bits per heavy atom. The number of methoxy groups -OCH3 is 1. The minimum atomic E-state index is -3.62. The van der Waals surface area contributed by atoms with Crippen molar-refractivity contribution in [2.24, 2.45) is 0 Å². The van der Waals surface area contributed by atoms with Crippen LogP contribution in [0.5, 0.6) is 6.01 Å². The summed E-state index contributed by atoms with van der Waals surface area (Å²) in [6.45, 7) is 3.42. The molecule has 1 rings (SSSR count). The van der Waals surface area contributed by atoms with Crippen LogP contribution in [-0.4, -0.2) is 36.8 Å². The molecule has 1 heterocycles. The van der Waals surface area contributed by atoms with Crippen LogP contribution in [0.15, 0.2) is 0 Å². The van der Waals surface area contributed by atoms with E-state index in [1.54, 1.807) is 13.8 Å². The van der Waals surface area contributed by atoms with E-state index < -0.39 is 10.2 Å². The lowest BCUT2D eigenvalue weighted by Gasteiger charge is -2.08. The maximum atomic E-state index is 11.4. The average molecular weight is 235 g/mol. The van der Waals surface area contributed by atoms with Gasteiger partial charge in [0.2, 0.25) is 5.95 Å². The molecular formula is C6H13N5O3S. The molecule has 1 aromatic heterocycles. The molecule has 1 aromatic rings. The van der Waals surface area contributed by atoms with E-state index in [0.717, 1.165) is 0 Å². The molecule has 0 radical (unpaired) electrons. The van der Waals surface area contributed by atoms with Crippen molar-refractivity contribution >= 4 is 16.2 Å². The number of nitrogens with one attached hydrogen (secondary N) is 3. The van der Waals surface area contributed by atoms with E-state index in [1.807, 2.05) is 0 Å². The van der Waals surface area contributed by atoms with Gasteiger partial charge in [0.15, 0.2) is 0 Å². The molecule has 0 spiro atoms. The number of H-pyrrole nitrogens is 1. The Morgan fingerprint density at radius 1 is 1.47 bits per heavy atom. The quantitative estimate of drug-likeness (QED) is 0.635. The van der Waals surface area contributed by atoms with Crippen LogP contribution in [-0.2, 0) is 10.2 Å². The molecule has 0 aromatic carbocycles. The minimum Gasteiger partial charge on any atom is -0.466 e. The van der Waals surface area contributed by atoms with Gasteiger partial charge in [-0.05, 0) is 13.8 Å².